The molecule has 4 aromatic rings. The van der Waals surface area contributed by atoms with Gasteiger partial charge in [0.25, 0.3) is 0 Å². The lowest BCUT2D eigenvalue weighted by Gasteiger charge is -2.33. The van der Waals surface area contributed by atoms with Crippen molar-refractivity contribution in [1.82, 2.24) is 19.4 Å². The van der Waals surface area contributed by atoms with E-state index in [0.717, 1.165) is 60.0 Å². The first-order chi connectivity index (χ1) is 14.2. The van der Waals surface area contributed by atoms with Gasteiger partial charge in [-0.2, -0.15) is 0 Å². The second kappa shape index (κ2) is 7.32. The molecule has 4 heterocycles. The van der Waals surface area contributed by atoms with Gasteiger partial charge in [-0.25, -0.2) is 15.0 Å². The third-order valence-corrected chi connectivity index (χ3v) is 5.91. The SMILES string of the molecule is Cc1cc(N2CCC(c3ccccc3)CC2)nc(-c2cn3ccnc3cc2C)n1. The van der Waals surface area contributed by atoms with E-state index < -0.39 is 0 Å². The fraction of sp³-hybridized carbons (Fsp3) is 0.292. The van der Waals surface area contributed by atoms with Gasteiger partial charge in [0.1, 0.15) is 11.5 Å². The highest BCUT2D eigenvalue weighted by molar-refractivity contribution is 5.64. The maximum Gasteiger partial charge on any atom is 0.163 e. The number of rotatable bonds is 3. The molecular weight excluding hydrogens is 358 g/mol. The molecule has 0 radical (unpaired) electrons. The van der Waals surface area contributed by atoms with Gasteiger partial charge in [-0.05, 0) is 49.8 Å². The van der Waals surface area contributed by atoms with E-state index in [1.54, 1.807) is 0 Å². The quantitative estimate of drug-likeness (QED) is 0.510. The number of anilines is 1. The van der Waals surface area contributed by atoms with Crippen LogP contribution < -0.4 is 4.90 Å². The molecule has 0 amide bonds. The fourth-order valence-corrected chi connectivity index (χ4v) is 4.29. The summed E-state index contributed by atoms with van der Waals surface area (Å²) in [5, 5.41) is 0. The van der Waals surface area contributed by atoms with Crippen LogP contribution in [0.2, 0.25) is 0 Å². The van der Waals surface area contributed by atoms with Gasteiger partial charge in [-0.3, -0.25) is 0 Å². The van der Waals surface area contributed by atoms with Crippen molar-refractivity contribution < 1.29 is 0 Å². The molecule has 0 N–H and O–H groups in total. The molecule has 146 valence electrons. The minimum absolute atomic E-state index is 0.640. The van der Waals surface area contributed by atoms with Crippen molar-refractivity contribution >= 4 is 11.5 Å². The van der Waals surface area contributed by atoms with E-state index >= 15 is 0 Å². The average Bonchev–Trinajstić information content (AvgIpc) is 3.21. The Kier molecular flexibility index (Phi) is 4.51. The molecule has 0 unspecified atom stereocenters. The van der Waals surface area contributed by atoms with Crippen LogP contribution in [0.5, 0.6) is 0 Å². The van der Waals surface area contributed by atoms with Crippen LogP contribution in [0.15, 0.2) is 61.1 Å². The zero-order valence-electron chi connectivity index (χ0n) is 16.9. The number of piperidine rings is 1. The van der Waals surface area contributed by atoms with Gasteiger partial charge in [0.2, 0.25) is 0 Å². The smallest absolute Gasteiger partial charge is 0.163 e. The summed E-state index contributed by atoms with van der Waals surface area (Å²) in [6, 6.07) is 15.1. The Hall–Kier alpha value is -3.21. The number of pyridine rings is 1. The van der Waals surface area contributed by atoms with Crippen molar-refractivity contribution in [2.24, 2.45) is 0 Å². The summed E-state index contributed by atoms with van der Waals surface area (Å²) in [4.78, 5) is 16.5. The highest BCUT2D eigenvalue weighted by atomic mass is 15.2. The number of hydrogen-bond acceptors (Lipinski definition) is 4. The number of aryl methyl sites for hydroxylation is 2. The van der Waals surface area contributed by atoms with Crippen LogP contribution in [-0.4, -0.2) is 32.4 Å². The van der Waals surface area contributed by atoms with Crippen molar-refractivity contribution in [3.63, 3.8) is 0 Å². The van der Waals surface area contributed by atoms with E-state index in [4.69, 9.17) is 9.97 Å². The van der Waals surface area contributed by atoms with Crippen LogP contribution in [0.3, 0.4) is 0 Å². The van der Waals surface area contributed by atoms with E-state index in [-0.39, 0.29) is 0 Å². The van der Waals surface area contributed by atoms with Crippen LogP contribution in [0.4, 0.5) is 5.82 Å². The third kappa shape index (κ3) is 3.48. The summed E-state index contributed by atoms with van der Waals surface area (Å²) < 4.78 is 2.03. The Morgan fingerprint density at radius 1 is 0.966 bits per heavy atom. The Balaban J connectivity index is 1.42. The number of aromatic nitrogens is 4. The number of imidazole rings is 1. The molecule has 0 aliphatic carbocycles. The van der Waals surface area contributed by atoms with Crippen molar-refractivity contribution in [2.45, 2.75) is 32.6 Å². The van der Waals surface area contributed by atoms with Gasteiger partial charge < -0.3 is 9.30 Å². The highest BCUT2D eigenvalue weighted by Crippen LogP contribution is 2.31. The van der Waals surface area contributed by atoms with E-state index in [1.165, 1.54) is 5.56 Å². The number of nitrogens with zero attached hydrogens (tertiary/aromatic N) is 5. The zero-order chi connectivity index (χ0) is 19.8. The summed E-state index contributed by atoms with van der Waals surface area (Å²) in [5.41, 5.74) is 5.60. The molecular formula is C24H25N5. The first kappa shape index (κ1) is 17.9. The minimum atomic E-state index is 0.640. The summed E-state index contributed by atoms with van der Waals surface area (Å²) in [6.45, 7) is 6.20. The second-order valence-electron chi connectivity index (χ2n) is 7.93. The number of benzene rings is 1. The van der Waals surface area contributed by atoms with E-state index in [0.29, 0.717) is 5.92 Å². The van der Waals surface area contributed by atoms with Gasteiger partial charge in [0.05, 0.1) is 0 Å². The maximum atomic E-state index is 4.96. The van der Waals surface area contributed by atoms with Crippen LogP contribution in [-0.2, 0) is 0 Å². The zero-order valence-corrected chi connectivity index (χ0v) is 16.9. The lowest BCUT2D eigenvalue weighted by atomic mass is 9.89. The topological polar surface area (TPSA) is 46.3 Å². The lowest BCUT2D eigenvalue weighted by molar-refractivity contribution is 0.502. The molecule has 5 nitrogen and oxygen atoms in total. The van der Waals surface area contributed by atoms with Crippen LogP contribution in [0, 0.1) is 13.8 Å². The molecule has 0 saturated carbocycles. The summed E-state index contributed by atoms with van der Waals surface area (Å²) >= 11 is 0. The molecule has 1 aliphatic rings. The predicted molar refractivity (Wildman–Crippen MR) is 116 cm³/mol. The van der Waals surface area contributed by atoms with Crippen molar-refractivity contribution in [3.8, 4) is 11.4 Å². The van der Waals surface area contributed by atoms with Crippen LogP contribution >= 0.6 is 0 Å². The van der Waals surface area contributed by atoms with Gasteiger partial charge in [0.15, 0.2) is 5.82 Å². The number of hydrogen-bond donors (Lipinski definition) is 0. The number of fused-ring (bicyclic) bond motifs is 1. The monoisotopic (exact) mass is 383 g/mol. The Labute approximate surface area is 171 Å². The largest absolute Gasteiger partial charge is 0.356 e. The van der Waals surface area contributed by atoms with Crippen molar-refractivity contribution in [1.29, 1.82) is 0 Å². The van der Waals surface area contributed by atoms with Gasteiger partial charge in [-0.1, -0.05) is 30.3 Å². The maximum absolute atomic E-state index is 4.96. The summed E-state index contributed by atoms with van der Waals surface area (Å²) in [7, 11) is 0. The molecule has 0 bridgehead atoms. The van der Waals surface area contributed by atoms with E-state index in [2.05, 4.69) is 72.4 Å². The minimum Gasteiger partial charge on any atom is -0.356 e. The standard InChI is InChI=1S/C24H25N5/c1-17-14-22-25-10-13-29(22)16-21(17)24-26-18(2)15-23(27-24)28-11-8-20(9-12-28)19-6-4-3-5-7-19/h3-7,10,13-16,20H,8-9,11-12H2,1-2H3. The van der Waals surface area contributed by atoms with Crippen molar-refractivity contribution in [3.05, 3.63) is 77.9 Å². The molecule has 0 spiro atoms. The average molecular weight is 383 g/mol. The van der Waals surface area contributed by atoms with Gasteiger partial charge in [0, 0.05) is 49.0 Å². The molecule has 3 aromatic heterocycles. The molecule has 1 aromatic carbocycles. The lowest BCUT2D eigenvalue weighted by Crippen LogP contribution is -2.33. The Morgan fingerprint density at radius 3 is 2.55 bits per heavy atom. The molecule has 1 fully saturated rings. The first-order valence-electron chi connectivity index (χ1n) is 10.3. The van der Waals surface area contributed by atoms with Crippen LogP contribution in [0.1, 0.15) is 35.6 Å². The molecule has 5 heteroatoms. The highest BCUT2D eigenvalue weighted by Gasteiger charge is 2.22. The molecule has 29 heavy (non-hydrogen) atoms. The molecule has 1 saturated heterocycles. The molecule has 1 aliphatic heterocycles. The summed E-state index contributed by atoms with van der Waals surface area (Å²) in [5.74, 6) is 2.46. The molecule has 0 atom stereocenters. The van der Waals surface area contributed by atoms with Crippen LogP contribution in [0.25, 0.3) is 17.0 Å². The first-order valence-corrected chi connectivity index (χ1v) is 10.3. The van der Waals surface area contributed by atoms with E-state index in [9.17, 15) is 0 Å². The van der Waals surface area contributed by atoms with Gasteiger partial charge in [-0.15, -0.1) is 0 Å². The van der Waals surface area contributed by atoms with Crippen molar-refractivity contribution in [2.75, 3.05) is 18.0 Å². The van der Waals surface area contributed by atoms with Gasteiger partial charge >= 0.3 is 0 Å². The second-order valence-corrected chi connectivity index (χ2v) is 7.93. The normalized spacial score (nSPS) is 15.2. The summed E-state index contributed by atoms with van der Waals surface area (Å²) in [6.07, 6.45) is 8.17. The third-order valence-electron chi connectivity index (χ3n) is 5.91. The Morgan fingerprint density at radius 2 is 1.76 bits per heavy atom. The Bertz CT molecular complexity index is 1140. The molecule has 5 rings (SSSR count). The fourth-order valence-electron chi connectivity index (χ4n) is 4.29. The van der Waals surface area contributed by atoms with E-state index in [1.807, 2.05) is 16.8 Å². The predicted octanol–water partition coefficient (Wildman–Crippen LogP) is 4.79.